The summed E-state index contributed by atoms with van der Waals surface area (Å²) < 4.78 is 34.2. The third-order valence-corrected chi connectivity index (χ3v) is 12.2. The number of hydrogen-bond donors (Lipinski definition) is 1. The van der Waals surface area contributed by atoms with Crippen molar-refractivity contribution in [2.24, 2.45) is 0 Å². The molecular weight excluding hydrogens is 699 g/mol. The Bertz CT molecular complexity index is 718. The molecule has 0 aliphatic carbocycles. The van der Waals surface area contributed by atoms with Crippen molar-refractivity contribution in [3.63, 3.8) is 0 Å². The van der Waals surface area contributed by atoms with Gasteiger partial charge in [-0.3, -0.25) is 4.55 Å². The minimum Gasteiger partial charge on any atom is -0.726 e. The topological polar surface area (TPSA) is 77.4 Å². The highest BCUT2D eigenvalue weighted by atomic mass is 32.3. The van der Waals surface area contributed by atoms with Gasteiger partial charge in [0.15, 0.2) is 0 Å². The minimum atomic E-state index is -4.92. The molecular formula is C49H103NO4S. The highest BCUT2D eigenvalue weighted by Crippen LogP contribution is 2.19. The van der Waals surface area contributed by atoms with E-state index < -0.39 is 10.4 Å². The summed E-state index contributed by atoms with van der Waals surface area (Å²) in [5.41, 5.74) is 0. The first-order chi connectivity index (χ1) is 26.7. The smallest absolute Gasteiger partial charge is 0.215 e. The lowest BCUT2D eigenvalue weighted by Crippen LogP contribution is -2.46. The first-order valence-electron chi connectivity index (χ1n) is 25.2. The predicted octanol–water partition coefficient (Wildman–Crippen LogP) is 16.9. The maximum absolute atomic E-state index is 8.63. The summed E-state index contributed by atoms with van der Waals surface area (Å²) in [6.45, 7) is 11.3. The fourth-order valence-corrected chi connectivity index (χ4v) is 8.40. The van der Waals surface area contributed by atoms with Crippen molar-refractivity contribution >= 4 is 10.4 Å². The lowest BCUT2D eigenvalue weighted by Gasteiger charge is -2.35. The van der Waals surface area contributed by atoms with Gasteiger partial charge < -0.3 is 9.04 Å². The largest absolute Gasteiger partial charge is 0.726 e. The van der Waals surface area contributed by atoms with Gasteiger partial charge in [-0.1, -0.05) is 252 Å². The number of quaternary nitrogens is 1. The maximum Gasteiger partial charge on any atom is 0.215 e. The molecule has 0 unspecified atom stereocenters. The second-order valence-electron chi connectivity index (χ2n) is 18.0. The van der Waals surface area contributed by atoms with Crippen LogP contribution in [0, 0.1) is 0 Å². The van der Waals surface area contributed by atoms with E-state index in [1.54, 1.807) is 0 Å². The Morgan fingerprint density at radius 1 is 0.309 bits per heavy atom. The SMILES string of the molecule is CCCCCCCCCCCCCCCC[N+](C)(CCCCCCCCCCCCCCCC)CCCCCCCCCCCCCCCC.O=S(=O)([O-])O. The molecule has 0 fully saturated rings. The second-order valence-corrected chi connectivity index (χ2v) is 18.9. The molecule has 0 aromatic rings. The van der Waals surface area contributed by atoms with E-state index in [0.29, 0.717) is 0 Å². The average molecular weight is 802 g/mol. The molecule has 0 radical (unpaired) electrons. The lowest BCUT2D eigenvalue weighted by atomic mass is 10.0. The van der Waals surface area contributed by atoms with Crippen LogP contribution in [0.15, 0.2) is 0 Å². The van der Waals surface area contributed by atoms with Gasteiger partial charge in [0.2, 0.25) is 10.4 Å². The molecule has 334 valence electrons. The van der Waals surface area contributed by atoms with Crippen molar-refractivity contribution < 1.29 is 22.0 Å². The van der Waals surface area contributed by atoms with Crippen LogP contribution in [-0.4, -0.2) is 48.7 Å². The zero-order valence-corrected chi connectivity index (χ0v) is 39.2. The van der Waals surface area contributed by atoms with Crippen molar-refractivity contribution in [1.82, 2.24) is 0 Å². The molecule has 0 aromatic heterocycles. The van der Waals surface area contributed by atoms with E-state index in [2.05, 4.69) is 27.8 Å². The fraction of sp³-hybridized carbons (Fsp3) is 1.00. The Morgan fingerprint density at radius 3 is 0.545 bits per heavy atom. The molecule has 0 amide bonds. The zero-order valence-electron chi connectivity index (χ0n) is 38.3. The van der Waals surface area contributed by atoms with Gasteiger partial charge in [-0.25, -0.2) is 8.42 Å². The standard InChI is InChI=1S/C49H102N.H2O4S/c1-5-8-11-14-17-20-23-26-29-32-35-38-41-44-47-50(4,48-45-42-39-36-33-30-27-24-21-18-15-12-9-6-2)49-46-43-40-37-34-31-28-25-22-19-16-13-10-7-3;1-5(2,3)4/h5-49H2,1-4H3;(H2,1,2,3,4)/q+1;/p-1. The highest BCUT2D eigenvalue weighted by molar-refractivity contribution is 7.79. The molecule has 0 aliphatic heterocycles. The lowest BCUT2D eigenvalue weighted by molar-refractivity contribution is -0.910. The van der Waals surface area contributed by atoms with Crippen LogP contribution in [0.3, 0.4) is 0 Å². The van der Waals surface area contributed by atoms with Gasteiger partial charge in [0.25, 0.3) is 0 Å². The van der Waals surface area contributed by atoms with Crippen LogP contribution in [-0.2, 0) is 10.4 Å². The van der Waals surface area contributed by atoms with Crippen molar-refractivity contribution in [3.8, 4) is 0 Å². The van der Waals surface area contributed by atoms with Gasteiger partial charge in [0, 0.05) is 0 Å². The predicted molar refractivity (Wildman–Crippen MR) is 244 cm³/mol. The first kappa shape index (κ1) is 56.9. The second kappa shape index (κ2) is 46.5. The Hall–Kier alpha value is -0.170. The summed E-state index contributed by atoms with van der Waals surface area (Å²) >= 11 is 0. The Morgan fingerprint density at radius 2 is 0.418 bits per heavy atom. The molecule has 1 N–H and O–H groups in total. The molecule has 0 bridgehead atoms. The van der Waals surface area contributed by atoms with Crippen LogP contribution in [0.2, 0.25) is 0 Å². The monoisotopic (exact) mass is 802 g/mol. The van der Waals surface area contributed by atoms with Gasteiger partial charge >= 0.3 is 0 Å². The van der Waals surface area contributed by atoms with Gasteiger partial charge in [-0.15, -0.1) is 0 Å². The summed E-state index contributed by atoms with van der Waals surface area (Å²) in [5, 5.41) is 0. The fourth-order valence-electron chi connectivity index (χ4n) is 8.40. The van der Waals surface area contributed by atoms with Crippen LogP contribution in [0.4, 0.5) is 0 Å². The Kier molecular flexibility index (Phi) is 48.1. The van der Waals surface area contributed by atoms with Gasteiger partial charge in [0.1, 0.15) is 0 Å². The van der Waals surface area contributed by atoms with Crippen LogP contribution in [0.25, 0.3) is 0 Å². The summed E-state index contributed by atoms with van der Waals surface area (Å²) in [7, 11) is -2.28. The van der Waals surface area contributed by atoms with E-state index in [0.717, 1.165) is 0 Å². The molecule has 0 aliphatic rings. The van der Waals surface area contributed by atoms with Gasteiger partial charge in [0.05, 0.1) is 26.7 Å². The van der Waals surface area contributed by atoms with E-state index in [-0.39, 0.29) is 0 Å². The van der Waals surface area contributed by atoms with E-state index in [4.69, 9.17) is 17.5 Å². The molecule has 0 aromatic carbocycles. The van der Waals surface area contributed by atoms with E-state index in [1.807, 2.05) is 0 Å². The van der Waals surface area contributed by atoms with Gasteiger partial charge in [-0.05, 0) is 38.5 Å². The molecule has 6 heteroatoms. The summed E-state index contributed by atoms with van der Waals surface area (Å²) in [5.74, 6) is 0. The summed E-state index contributed by atoms with van der Waals surface area (Å²) in [6.07, 6.45) is 61.7. The number of nitrogens with zero attached hydrogens (tertiary/aromatic N) is 1. The Balaban J connectivity index is 0. The summed E-state index contributed by atoms with van der Waals surface area (Å²) in [4.78, 5) is 0. The third kappa shape index (κ3) is 56.0. The van der Waals surface area contributed by atoms with Crippen LogP contribution >= 0.6 is 0 Å². The van der Waals surface area contributed by atoms with Crippen molar-refractivity contribution in [2.45, 2.75) is 290 Å². The number of rotatable bonds is 45. The molecule has 0 saturated carbocycles. The molecule has 5 nitrogen and oxygen atoms in total. The molecule has 0 rings (SSSR count). The molecule has 0 heterocycles. The number of hydrogen-bond acceptors (Lipinski definition) is 3. The van der Waals surface area contributed by atoms with Gasteiger partial charge in [-0.2, -0.15) is 0 Å². The molecule has 0 spiro atoms. The first-order valence-corrected chi connectivity index (χ1v) is 26.6. The minimum absolute atomic E-state index is 1.37. The van der Waals surface area contributed by atoms with E-state index in [9.17, 15) is 0 Å². The molecule has 0 saturated heterocycles. The van der Waals surface area contributed by atoms with E-state index in [1.165, 1.54) is 294 Å². The molecule has 55 heavy (non-hydrogen) atoms. The van der Waals surface area contributed by atoms with E-state index >= 15 is 0 Å². The Labute approximate surface area is 348 Å². The van der Waals surface area contributed by atoms with Crippen molar-refractivity contribution in [1.29, 1.82) is 0 Å². The van der Waals surface area contributed by atoms with Crippen LogP contribution in [0.5, 0.6) is 0 Å². The maximum atomic E-state index is 8.63. The number of unbranched alkanes of at least 4 members (excludes halogenated alkanes) is 39. The quantitative estimate of drug-likeness (QED) is 0.0288. The average Bonchev–Trinajstić information content (AvgIpc) is 3.14. The third-order valence-electron chi connectivity index (χ3n) is 12.2. The molecule has 0 atom stereocenters. The van der Waals surface area contributed by atoms with Crippen LogP contribution in [0.1, 0.15) is 290 Å². The summed E-state index contributed by atoms with van der Waals surface area (Å²) in [6, 6.07) is 0. The zero-order chi connectivity index (χ0) is 40.8. The van der Waals surface area contributed by atoms with Crippen LogP contribution < -0.4 is 0 Å². The normalized spacial score (nSPS) is 12.0. The van der Waals surface area contributed by atoms with Crippen molar-refractivity contribution in [3.05, 3.63) is 0 Å². The highest BCUT2D eigenvalue weighted by Gasteiger charge is 2.20. The van der Waals surface area contributed by atoms with Crippen molar-refractivity contribution in [2.75, 3.05) is 26.7 Å².